The number of rotatable bonds is 43. The Morgan fingerprint density at radius 2 is 0.868 bits per heavy atom. The summed E-state index contributed by atoms with van der Waals surface area (Å²) in [7, 11) is 1.37. The third-order valence-electron chi connectivity index (χ3n) is 10.2. The molecule has 0 aromatic heterocycles. The van der Waals surface area contributed by atoms with E-state index in [-0.39, 0.29) is 25.8 Å². The molecule has 0 amide bonds. The van der Waals surface area contributed by atoms with E-state index >= 15 is 0 Å². The van der Waals surface area contributed by atoms with Crippen LogP contribution in [0.5, 0.6) is 0 Å². The fraction of sp³-hybridized carbons (Fsp3) is 0.977. The molecule has 9 heteroatoms. The number of phosphoric acid groups is 1. The van der Waals surface area contributed by atoms with Crippen LogP contribution in [0, 0.1) is 0 Å². The van der Waals surface area contributed by atoms with Gasteiger partial charge in [0.1, 0.15) is 19.3 Å². The zero-order valence-corrected chi connectivity index (χ0v) is 36.9. The maximum atomic E-state index is 12.7. The molecular formula is C44H90NO7P. The molecule has 0 bridgehead atoms. The van der Waals surface area contributed by atoms with Gasteiger partial charge in [0.2, 0.25) is 0 Å². The van der Waals surface area contributed by atoms with E-state index in [1.165, 1.54) is 167 Å². The average Bonchev–Trinajstić information content (AvgIpc) is 3.11. The maximum Gasteiger partial charge on any atom is 0.306 e. The normalized spacial score (nSPS) is 13.7. The van der Waals surface area contributed by atoms with E-state index in [2.05, 4.69) is 13.8 Å². The van der Waals surface area contributed by atoms with Crippen molar-refractivity contribution in [3.63, 3.8) is 0 Å². The van der Waals surface area contributed by atoms with Crippen LogP contribution in [-0.4, -0.2) is 70.7 Å². The highest BCUT2D eigenvalue weighted by molar-refractivity contribution is 7.45. The fourth-order valence-electron chi connectivity index (χ4n) is 6.61. The van der Waals surface area contributed by atoms with E-state index in [1.807, 2.05) is 21.1 Å². The van der Waals surface area contributed by atoms with Crippen molar-refractivity contribution in [2.75, 3.05) is 54.1 Å². The minimum atomic E-state index is -4.51. The van der Waals surface area contributed by atoms with E-state index in [9.17, 15) is 14.3 Å². The third-order valence-corrected chi connectivity index (χ3v) is 11.1. The predicted octanol–water partition coefficient (Wildman–Crippen LogP) is 12.6. The van der Waals surface area contributed by atoms with Crippen molar-refractivity contribution in [3.8, 4) is 0 Å². The molecule has 2 atom stereocenters. The van der Waals surface area contributed by atoms with Crippen molar-refractivity contribution in [1.82, 2.24) is 0 Å². The molecule has 0 N–H and O–H groups in total. The molecule has 0 aromatic rings. The van der Waals surface area contributed by atoms with E-state index in [0.29, 0.717) is 24.1 Å². The Kier molecular flexibility index (Phi) is 38.0. The van der Waals surface area contributed by atoms with Crippen molar-refractivity contribution >= 4 is 13.8 Å². The number of ether oxygens (including phenoxy) is 2. The van der Waals surface area contributed by atoms with Gasteiger partial charge < -0.3 is 27.9 Å². The Balaban J connectivity index is 4.17. The van der Waals surface area contributed by atoms with Crippen LogP contribution in [0.25, 0.3) is 0 Å². The van der Waals surface area contributed by atoms with Crippen LogP contribution in [0.4, 0.5) is 0 Å². The van der Waals surface area contributed by atoms with Crippen molar-refractivity contribution in [1.29, 1.82) is 0 Å². The smallest absolute Gasteiger partial charge is 0.306 e. The molecule has 0 rings (SSSR count). The van der Waals surface area contributed by atoms with Gasteiger partial charge in [-0.1, -0.05) is 200 Å². The number of unbranched alkanes of at least 4 members (excludes halogenated alkanes) is 29. The highest BCUT2D eigenvalue weighted by atomic mass is 31.2. The Bertz CT molecular complexity index is 822. The molecule has 0 spiro atoms. The number of quaternary nitrogens is 1. The van der Waals surface area contributed by atoms with Gasteiger partial charge in [0.05, 0.1) is 34.4 Å². The van der Waals surface area contributed by atoms with Crippen molar-refractivity contribution in [2.45, 2.75) is 225 Å². The molecule has 0 aliphatic rings. The number of esters is 1. The van der Waals surface area contributed by atoms with Crippen LogP contribution in [0.3, 0.4) is 0 Å². The lowest BCUT2D eigenvalue weighted by Crippen LogP contribution is -2.37. The topological polar surface area (TPSA) is 94.1 Å². The Morgan fingerprint density at radius 3 is 1.25 bits per heavy atom. The summed E-state index contributed by atoms with van der Waals surface area (Å²) in [4.78, 5) is 25.0. The number of likely N-dealkylation sites (N-methyl/N-ethyl adjacent to an activating group) is 1. The number of nitrogens with zero attached hydrogens (tertiary/aromatic N) is 1. The van der Waals surface area contributed by atoms with Gasteiger partial charge in [0.15, 0.2) is 0 Å². The molecule has 0 saturated carbocycles. The van der Waals surface area contributed by atoms with Crippen LogP contribution in [0.15, 0.2) is 0 Å². The molecule has 0 aliphatic heterocycles. The highest BCUT2D eigenvalue weighted by Gasteiger charge is 2.20. The van der Waals surface area contributed by atoms with Crippen molar-refractivity contribution in [3.05, 3.63) is 0 Å². The SMILES string of the molecule is CCCCCCCCCCCCCCCCCCC(=O)OC(COCCCCCCCCCCCCCCCCC)COP(=O)([O-])OCC[N+](C)(C)C. The number of phosphoric ester groups is 1. The van der Waals surface area contributed by atoms with Gasteiger partial charge in [-0.3, -0.25) is 9.36 Å². The highest BCUT2D eigenvalue weighted by Crippen LogP contribution is 2.38. The first-order chi connectivity index (χ1) is 25.6. The summed E-state index contributed by atoms with van der Waals surface area (Å²) in [5.41, 5.74) is 0. The van der Waals surface area contributed by atoms with E-state index in [1.54, 1.807) is 0 Å². The molecule has 2 unspecified atom stereocenters. The Hall–Kier alpha value is -0.500. The van der Waals surface area contributed by atoms with E-state index in [0.717, 1.165) is 32.1 Å². The van der Waals surface area contributed by atoms with Gasteiger partial charge in [-0.05, 0) is 12.8 Å². The van der Waals surface area contributed by atoms with Gasteiger partial charge in [-0.25, -0.2) is 0 Å². The lowest BCUT2D eigenvalue weighted by Gasteiger charge is -2.28. The molecule has 8 nitrogen and oxygen atoms in total. The van der Waals surface area contributed by atoms with E-state index in [4.69, 9.17) is 18.5 Å². The van der Waals surface area contributed by atoms with Gasteiger partial charge in [-0.2, -0.15) is 0 Å². The van der Waals surface area contributed by atoms with Crippen molar-refractivity contribution < 1.29 is 37.3 Å². The number of carbonyl (C=O) groups excluding carboxylic acids is 1. The predicted molar refractivity (Wildman–Crippen MR) is 222 cm³/mol. The van der Waals surface area contributed by atoms with Gasteiger partial charge in [-0.15, -0.1) is 0 Å². The lowest BCUT2D eigenvalue weighted by atomic mass is 10.0. The van der Waals surface area contributed by atoms with Crippen LogP contribution in [0.2, 0.25) is 0 Å². The number of carbonyl (C=O) groups is 1. The third kappa shape index (κ3) is 42.5. The van der Waals surface area contributed by atoms with Crippen LogP contribution < -0.4 is 4.89 Å². The monoisotopic (exact) mass is 776 g/mol. The summed E-state index contributed by atoms with van der Waals surface area (Å²) in [6, 6.07) is 0. The largest absolute Gasteiger partial charge is 0.756 e. The Morgan fingerprint density at radius 1 is 0.509 bits per heavy atom. The molecule has 318 valence electrons. The molecule has 0 aromatic carbocycles. The summed E-state index contributed by atoms with van der Waals surface area (Å²) in [5.74, 6) is -0.328. The van der Waals surface area contributed by atoms with E-state index < -0.39 is 13.9 Å². The molecule has 0 aliphatic carbocycles. The molecule has 0 fully saturated rings. The zero-order chi connectivity index (χ0) is 39.1. The zero-order valence-electron chi connectivity index (χ0n) is 36.0. The number of hydrogen-bond donors (Lipinski definition) is 0. The molecule has 0 radical (unpaired) electrons. The standard InChI is InChI=1S/C44H90NO7P/c1-6-8-10-12-14-16-18-20-22-23-25-27-29-31-33-35-37-44(46)52-43(42-51-53(47,48)50-40-38-45(3,4)5)41-49-39-36-34-32-30-28-26-24-21-19-17-15-13-11-9-7-2/h43H,6-42H2,1-5H3. The summed E-state index contributed by atoms with van der Waals surface area (Å²) in [5, 5.41) is 0. The van der Waals surface area contributed by atoms with Crippen LogP contribution in [0.1, 0.15) is 219 Å². The first-order valence-electron chi connectivity index (χ1n) is 22.8. The maximum absolute atomic E-state index is 12.7. The Labute approximate surface area is 329 Å². The molecular weight excluding hydrogens is 685 g/mol. The average molecular weight is 776 g/mol. The van der Waals surface area contributed by atoms with Gasteiger partial charge in [0, 0.05) is 13.0 Å². The van der Waals surface area contributed by atoms with Gasteiger partial charge in [0.25, 0.3) is 7.82 Å². The molecule has 0 heterocycles. The summed E-state index contributed by atoms with van der Waals surface area (Å²) >= 11 is 0. The fourth-order valence-corrected chi connectivity index (χ4v) is 7.34. The first kappa shape index (κ1) is 52.5. The van der Waals surface area contributed by atoms with Crippen molar-refractivity contribution in [2.24, 2.45) is 0 Å². The quantitative estimate of drug-likeness (QED) is 0.0263. The summed E-state index contributed by atoms with van der Waals surface area (Å²) in [6.45, 7) is 5.47. The summed E-state index contributed by atoms with van der Waals surface area (Å²) in [6.07, 6.45) is 39.6. The minimum Gasteiger partial charge on any atom is -0.756 e. The number of hydrogen-bond acceptors (Lipinski definition) is 7. The van der Waals surface area contributed by atoms with Gasteiger partial charge >= 0.3 is 5.97 Å². The molecule has 0 saturated heterocycles. The molecule has 53 heavy (non-hydrogen) atoms. The summed E-state index contributed by atoms with van der Waals surface area (Å²) < 4.78 is 34.6. The minimum absolute atomic E-state index is 0.0314. The van der Waals surface area contributed by atoms with Crippen LogP contribution in [-0.2, 0) is 27.9 Å². The second-order valence-corrected chi connectivity index (χ2v) is 18.2. The first-order valence-corrected chi connectivity index (χ1v) is 24.2. The lowest BCUT2D eigenvalue weighted by molar-refractivity contribution is -0.870. The van der Waals surface area contributed by atoms with Crippen LogP contribution >= 0.6 is 7.82 Å². The second-order valence-electron chi connectivity index (χ2n) is 16.8. The second kappa shape index (κ2) is 38.4.